The molecule has 0 radical (unpaired) electrons. The van der Waals surface area contributed by atoms with E-state index in [1.165, 1.54) is 38.5 Å². The van der Waals surface area contributed by atoms with Crippen molar-refractivity contribution in [3.8, 4) is 6.07 Å². The van der Waals surface area contributed by atoms with E-state index in [-0.39, 0.29) is 12.2 Å². The molecule has 0 fully saturated rings. The fraction of sp³-hybridized carbons (Fsp3) is 0.750. The van der Waals surface area contributed by atoms with Gasteiger partial charge in [-0.15, -0.1) is 0 Å². The molecule has 0 aromatic heterocycles. The van der Waals surface area contributed by atoms with Gasteiger partial charge in [0.1, 0.15) is 0 Å². The maximum Gasteiger partial charge on any atom is 0.287 e. The molecule has 4 heteroatoms. The van der Waals surface area contributed by atoms with Gasteiger partial charge < -0.3 is 5.32 Å². The number of nitrogens with one attached hydrogen (secondary N) is 1. The summed E-state index contributed by atoms with van der Waals surface area (Å²) >= 11 is 0. The summed E-state index contributed by atoms with van der Waals surface area (Å²) in [6.07, 6.45) is 18.3. The highest BCUT2D eigenvalue weighted by atomic mass is 16.2. The number of carbonyl (C=O) groups is 2. The van der Waals surface area contributed by atoms with Gasteiger partial charge in [0.25, 0.3) is 5.91 Å². The van der Waals surface area contributed by atoms with E-state index in [1.807, 2.05) is 0 Å². The maximum absolute atomic E-state index is 11.2. The first-order chi connectivity index (χ1) is 11.7. The van der Waals surface area contributed by atoms with Gasteiger partial charge in [-0.1, -0.05) is 51.2 Å². The number of nitriles is 1. The lowest BCUT2D eigenvalue weighted by Crippen LogP contribution is -2.31. The minimum atomic E-state index is -0.446. The van der Waals surface area contributed by atoms with Crippen LogP contribution >= 0.6 is 0 Å². The van der Waals surface area contributed by atoms with Crippen molar-refractivity contribution in [2.75, 3.05) is 6.54 Å². The highest BCUT2D eigenvalue weighted by molar-refractivity contribution is 6.36. The van der Waals surface area contributed by atoms with Gasteiger partial charge in [0.15, 0.2) is 0 Å². The van der Waals surface area contributed by atoms with Crippen LogP contribution in [0.1, 0.15) is 90.4 Å². The molecule has 1 amide bonds. The van der Waals surface area contributed by atoms with Crippen LogP contribution in [0.3, 0.4) is 0 Å². The van der Waals surface area contributed by atoms with Crippen molar-refractivity contribution in [1.29, 1.82) is 5.26 Å². The predicted molar refractivity (Wildman–Crippen MR) is 98.5 cm³/mol. The summed E-state index contributed by atoms with van der Waals surface area (Å²) in [6.45, 7) is 2.29. The monoisotopic (exact) mass is 334 g/mol. The van der Waals surface area contributed by atoms with Crippen molar-refractivity contribution >= 4 is 11.7 Å². The molecule has 0 aliphatic rings. The van der Waals surface area contributed by atoms with Crippen LogP contribution in [-0.4, -0.2) is 18.2 Å². The average molecular weight is 335 g/mol. The standard InChI is InChI=1S/C20H34N2O2/c1-2-19(23)20(24)22-18-16-14-12-10-8-6-4-3-5-7-9-11-13-15-17-21/h8,10H,2-7,9,11-16,18H2,1H3,(H,22,24)/b10-8-. The Balaban J connectivity index is 3.23. The molecule has 0 saturated carbocycles. The van der Waals surface area contributed by atoms with Gasteiger partial charge in [-0.3, -0.25) is 9.59 Å². The number of hydrogen-bond acceptors (Lipinski definition) is 3. The second-order valence-corrected chi connectivity index (χ2v) is 6.17. The van der Waals surface area contributed by atoms with Crippen LogP contribution in [0, 0.1) is 11.3 Å². The molecule has 0 atom stereocenters. The van der Waals surface area contributed by atoms with Crippen LogP contribution in [-0.2, 0) is 9.59 Å². The Labute approximate surface area is 147 Å². The predicted octanol–water partition coefficient (Wildman–Crippen LogP) is 4.84. The molecular formula is C20H34N2O2. The third-order valence-electron chi connectivity index (χ3n) is 3.98. The molecule has 0 bridgehead atoms. The highest BCUT2D eigenvalue weighted by Gasteiger charge is 2.08. The number of Topliss-reactive ketones (excluding diaryl/α,β-unsaturated/α-hetero) is 1. The van der Waals surface area contributed by atoms with Crippen LogP contribution in [0.4, 0.5) is 0 Å². The molecule has 0 aliphatic carbocycles. The Morgan fingerprint density at radius 2 is 1.42 bits per heavy atom. The molecule has 0 spiro atoms. The quantitative estimate of drug-likeness (QED) is 0.249. The zero-order valence-corrected chi connectivity index (χ0v) is 15.3. The van der Waals surface area contributed by atoms with Crippen LogP contribution in [0.5, 0.6) is 0 Å². The van der Waals surface area contributed by atoms with E-state index in [1.54, 1.807) is 6.92 Å². The summed E-state index contributed by atoms with van der Waals surface area (Å²) in [5.41, 5.74) is 0. The molecule has 136 valence electrons. The number of carbonyl (C=O) groups excluding carboxylic acids is 2. The van der Waals surface area contributed by atoms with Crippen molar-refractivity contribution in [2.24, 2.45) is 0 Å². The normalized spacial score (nSPS) is 10.7. The van der Waals surface area contributed by atoms with Crippen molar-refractivity contribution in [2.45, 2.75) is 90.4 Å². The SMILES string of the molecule is CCC(=O)C(=O)NCCCC/C=C\CCCCCCCCCC#N. The first kappa shape index (κ1) is 22.4. The topological polar surface area (TPSA) is 70.0 Å². The van der Waals surface area contributed by atoms with Crippen molar-refractivity contribution in [3.05, 3.63) is 12.2 Å². The van der Waals surface area contributed by atoms with Crippen LogP contribution < -0.4 is 5.32 Å². The molecule has 0 aromatic rings. The fourth-order valence-corrected chi connectivity index (χ4v) is 2.43. The van der Waals surface area contributed by atoms with Gasteiger partial charge in [0, 0.05) is 19.4 Å². The highest BCUT2D eigenvalue weighted by Crippen LogP contribution is 2.10. The van der Waals surface area contributed by atoms with Gasteiger partial charge in [0.05, 0.1) is 6.07 Å². The van der Waals surface area contributed by atoms with Gasteiger partial charge in [-0.2, -0.15) is 5.26 Å². The van der Waals surface area contributed by atoms with Gasteiger partial charge >= 0.3 is 0 Å². The molecule has 24 heavy (non-hydrogen) atoms. The summed E-state index contributed by atoms with van der Waals surface area (Å²) in [6, 6.07) is 2.19. The Hall–Kier alpha value is -1.63. The second kappa shape index (κ2) is 17.7. The molecule has 1 N–H and O–H groups in total. The van der Waals surface area contributed by atoms with Crippen LogP contribution in [0.25, 0.3) is 0 Å². The van der Waals surface area contributed by atoms with Gasteiger partial charge in [-0.05, 0) is 38.5 Å². The molecule has 0 aromatic carbocycles. The summed E-state index contributed by atoms with van der Waals surface area (Å²) < 4.78 is 0. The Morgan fingerprint density at radius 1 is 0.875 bits per heavy atom. The average Bonchev–Trinajstić information content (AvgIpc) is 2.60. The summed E-state index contributed by atoms with van der Waals surface area (Å²) in [4.78, 5) is 22.3. The lowest BCUT2D eigenvalue weighted by molar-refractivity contribution is -0.137. The molecule has 0 saturated heterocycles. The molecule has 4 nitrogen and oxygen atoms in total. The molecule has 0 unspecified atom stereocenters. The number of unbranched alkanes of at least 4 members (excludes halogenated alkanes) is 10. The number of hydrogen-bond donors (Lipinski definition) is 1. The zero-order chi connectivity index (χ0) is 17.9. The summed E-state index contributed by atoms with van der Waals surface area (Å²) in [5, 5.41) is 11.1. The number of nitrogens with zero attached hydrogens (tertiary/aromatic N) is 1. The first-order valence-electron chi connectivity index (χ1n) is 9.55. The van der Waals surface area contributed by atoms with E-state index in [2.05, 4.69) is 23.5 Å². The van der Waals surface area contributed by atoms with Crippen molar-refractivity contribution < 1.29 is 9.59 Å². The lowest BCUT2D eigenvalue weighted by atomic mass is 10.1. The number of rotatable bonds is 16. The molecule has 0 rings (SSSR count). The summed E-state index contributed by atoms with van der Waals surface area (Å²) in [7, 11) is 0. The summed E-state index contributed by atoms with van der Waals surface area (Å²) in [5.74, 6) is -0.782. The Bertz CT molecular complexity index is 397. The Morgan fingerprint density at radius 3 is 2.00 bits per heavy atom. The van der Waals surface area contributed by atoms with E-state index in [0.29, 0.717) is 13.0 Å². The van der Waals surface area contributed by atoms with Crippen molar-refractivity contribution in [3.63, 3.8) is 0 Å². The first-order valence-corrected chi connectivity index (χ1v) is 9.55. The number of ketones is 1. The van der Waals surface area contributed by atoms with E-state index in [4.69, 9.17) is 5.26 Å². The maximum atomic E-state index is 11.2. The largest absolute Gasteiger partial charge is 0.350 e. The zero-order valence-electron chi connectivity index (χ0n) is 15.3. The van der Waals surface area contributed by atoms with Crippen LogP contribution in [0.2, 0.25) is 0 Å². The number of amides is 1. The fourth-order valence-electron chi connectivity index (χ4n) is 2.43. The van der Waals surface area contributed by atoms with Gasteiger partial charge in [0.2, 0.25) is 5.78 Å². The number of allylic oxidation sites excluding steroid dienone is 2. The van der Waals surface area contributed by atoms with Crippen LogP contribution in [0.15, 0.2) is 12.2 Å². The van der Waals surface area contributed by atoms with Gasteiger partial charge in [-0.25, -0.2) is 0 Å². The smallest absolute Gasteiger partial charge is 0.287 e. The molecular weight excluding hydrogens is 300 g/mol. The Kier molecular flexibility index (Phi) is 16.5. The third kappa shape index (κ3) is 15.3. The van der Waals surface area contributed by atoms with E-state index in [9.17, 15) is 9.59 Å². The third-order valence-corrected chi connectivity index (χ3v) is 3.98. The van der Waals surface area contributed by atoms with E-state index >= 15 is 0 Å². The molecule has 0 heterocycles. The minimum absolute atomic E-state index is 0.274. The minimum Gasteiger partial charge on any atom is -0.350 e. The molecule has 0 aliphatic heterocycles. The van der Waals surface area contributed by atoms with Crippen molar-refractivity contribution in [1.82, 2.24) is 5.32 Å². The van der Waals surface area contributed by atoms with E-state index in [0.717, 1.165) is 32.1 Å². The van der Waals surface area contributed by atoms with E-state index < -0.39 is 5.91 Å². The lowest BCUT2D eigenvalue weighted by Gasteiger charge is -2.02. The second-order valence-electron chi connectivity index (χ2n) is 6.17.